The molecule has 1 N–H and O–H groups in total. The average Bonchev–Trinajstić information content (AvgIpc) is 2.97. The molecule has 0 heterocycles. The van der Waals surface area contributed by atoms with Crippen molar-refractivity contribution in [2.75, 3.05) is 13.2 Å². The Hall–Kier alpha value is -2.33. The second kappa shape index (κ2) is 17.4. The van der Waals surface area contributed by atoms with Crippen molar-refractivity contribution in [3.63, 3.8) is 0 Å². The van der Waals surface area contributed by atoms with E-state index < -0.39 is 5.60 Å². The average molecular weight is 537 g/mol. The van der Waals surface area contributed by atoms with E-state index in [0.717, 1.165) is 48.3 Å². The second-order valence-electron chi connectivity index (χ2n) is 11.5. The van der Waals surface area contributed by atoms with Gasteiger partial charge in [-0.05, 0) is 67.3 Å². The summed E-state index contributed by atoms with van der Waals surface area (Å²) in [6, 6.07) is 16.5. The van der Waals surface area contributed by atoms with Gasteiger partial charge in [0.2, 0.25) is 0 Å². The molecule has 1 aliphatic rings. The Balaban J connectivity index is 1.39. The standard InChI is InChI=1S/C35H52O4/c1-3-5-7-9-11-13-27-38-33-21-17-30(18-22-33)29-15-19-32(20-16-29)35(37)25-23-31(24-26-35)34(36)39-28-14-12-10-8-6-4-2/h15-22,31,37H,3-14,23-28H2,1-2H3. The normalized spacial score (nSPS) is 19.1. The number of ether oxygens (including phenoxy) is 2. The van der Waals surface area contributed by atoms with Gasteiger partial charge in [0.1, 0.15) is 5.75 Å². The topological polar surface area (TPSA) is 55.8 Å². The first-order chi connectivity index (χ1) is 19.1. The molecule has 0 aromatic heterocycles. The molecule has 0 spiro atoms. The SMILES string of the molecule is CCCCCCCCOC(=O)C1CCC(O)(c2ccc(-c3ccc(OCCCCCCCC)cc3)cc2)CC1. The summed E-state index contributed by atoms with van der Waals surface area (Å²) in [6.07, 6.45) is 17.2. The lowest BCUT2D eigenvalue weighted by atomic mass is 9.75. The second-order valence-corrected chi connectivity index (χ2v) is 11.5. The molecule has 2 aromatic rings. The fourth-order valence-electron chi connectivity index (χ4n) is 5.58. The quantitative estimate of drug-likeness (QED) is 0.152. The predicted molar refractivity (Wildman–Crippen MR) is 161 cm³/mol. The van der Waals surface area contributed by atoms with Gasteiger partial charge < -0.3 is 14.6 Å². The van der Waals surface area contributed by atoms with E-state index in [1.165, 1.54) is 57.8 Å². The number of benzene rings is 2. The van der Waals surface area contributed by atoms with Crippen LogP contribution in [0.2, 0.25) is 0 Å². The van der Waals surface area contributed by atoms with Gasteiger partial charge in [-0.15, -0.1) is 0 Å². The van der Waals surface area contributed by atoms with Gasteiger partial charge in [0.05, 0.1) is 24.7 Å². The number of hydrogen-bond acceptors (Lipinski definition) is 4. The molecule has 2 aromatic carbocycles. The van der Waals surface area contributed by atoms with Gasteiger partial charge in [-0.25, -0.2) is 0 Å². The van der Waals surface area contributed by atoms with Gasteiger partial charge in [-0.1, -0.05) is 114 Å². The molecule has 4 heteroatoms. The maximum Gasteiger partial charge on any atom is 0.308 e. The van der Waals surface area contributed by atoms with Gasteiger partial charge in [-0.2, -0.15) is 0 Å². The van der Waals surface area contributed by atoms with Crippen LogP contribution >= 0.6 is 0 Å². The van der Waals surface area contributed by atoms with Crippen molar-refractivity contribution in [2.45, 2.75) is 122 Å². The summed E-state index contributed by atoms with van der Waals surface area (Å²) in [6.45, 7) is 5.76. The van der Waals surface area contributed by atoms with E-state index in [9.17, 15) is 9.90 Å². The zero-order valence-corrected chi connectivity index (χ0v) is 24.6. The molecule has 0 unspecified atom stereocenters. The highest BCUT2D eigenvalue weighted by molar-refractivity contribution is 5.72. The van der Waals surface area contributed by atoms with Crippen molar-refractivity contribution >= 4 is 5.97 Å². The summed E-state index contributed by atoms with van der Waals surface area (Å²) in [7, 11) is 0. The Morgan fingerprint density at radius 1 is 0.718 bits per heavy atom. The van der Waals surface area contributed by atoms with Crippen molar-refractivity contribution < 1.29 is 19.4 Å². The number of carbonyl (C=O) groups excluding carboxylic acids is 1. The largest absolute Gasteiger partial charge is 0.494 e. The molecule has 0 radical (unpaired) electrons. The number of esters is 1. The highest BCUT2D eigenvalue weighted by Gasteiger charge is 2.37. The van der Waals surface area contributed by atoms with Crippen LogP contribution in [0.3, 0.4) is 0 Å². The van der Waals surface area contributed by atoms with Crippen LogP contribution in [0.1, 0.15) is 122 Å². The van der Waals surface area contributed by atoms with E-state index in [4.69, 9.17) is 9.47 Å². The van der Waals surface area contributed by atoms with Crippen LogP contribution in [0.15, 0.2) is 48.5 Å². The van der Waals surface area contributed by atoms with Crippen molar-refractivity contribution in [2.24, 2.45) is 5.92 Å². The Kier molecular flexibility index (Phi) is 13.9. The summed E-state index contributed by atoms with van der Waals surface area (Å²) < 4.78 is 11.5. The van der Waals surface area contributed by atoms with Crippen LogP contribution in [-0.2, 0) is 15.1 Å². The number of rotatable bonds is 18. The minimum absolute atomic E-state index is 0.0830. The van der Waals surface area contributed by atoms with E-state index in [1.807, 2.05) is 24.3 Å². The molecular formula is C35H52O4. The Morgan fingerprint density at radius 3 is 1.77 bits per heavy atom. The monoisotopic (exact) mass is 536 g/mol. The van der Waals surface area contributed by atoms with Crippen molar-refractivity contribution in [3.8, 4) is 16.9 Å². The van der Waals surface area contributed by atoms with Crippen molar-refractivity contribution in [3.05, 3.63) is 54.1 Å². The van der Waals surface area contributed by atoms with E-state index in [0.29, 0.717) is 32.3 Å². The van der Waals surface area contributed by atoms with Crippen LogP contribution in [0, 0.1) is 5.92 Å². The minimum Gasteiger partial charge on any atom is -0.494 e. The molecule has 4 nitrogen and oxygen atoms in total. The molecule has 216 valence electrons. The summed E-state index contributed by atoms with van der Waals surface area (Å²) in [4.78, 5) is 12.5. The molecule has 3 rings (SSSR count). The lowest BCUT2D eigenvalue weighted by Gasteiger charge is -2.35. The fraction of sp³-hybridized carbons (Fsp3) is 0.629. The summed E-state index contributed by atoms with van der Waals surface area (Å²) in [5.41, 5.74) is 2.32. The number of aliphatic hydroxyl groups is 1. The highest BCUT2D eigenvalue weighted by atomic mass is 16.5. The molecular weight excluding hydrogens is 484 g/mol. The minimum atomic E-state index is -0.872. The highest BCUT2D eigenvalue weighted by Crippen LogP contribution is 2.40. The van der Waals surface area contributed by atoms with Crippen LogP contribution in [-0.4, -0.2) is 24.3 Å². The van der Waals surface area contributed by atoms with Gasteiger partial charge >= 0.3 is 5.97 Å². The Bertz CT molecular complexity index is 926. The summed E-state index contributed by atoms with van der Waals surface area (Å²) in [5.74, 6) is 0.743. The Morgan fingerprint density at radius 2 is 1.21 bits per heavy atom. The molecule has 0 aliphatic heterocycles. The zero-order chi connectivity index (χ0) is 27.8. The molecule has 0 atom stereocenters. The lowest BCUT2D eigenvalue weighted by molar-refractivity contribution is -0.152. The van der Waals surface area contributed by atoms with Crippen molar-refractivity contribution in [1.29, 1.82) is 0 Å². The third-order valence-corrected chi connectivity index (χ3v) is 8.26. The predicted octanol–water partition coefficient (Wildman–Crippen LogP) is 9.37. The molecule has 1 fully saturated rings. The molecule has 0 saturated heterocycles. The summed E-state index contributed by atoms with van der Waals surface area (Å²) in [5, 5.41) is 11.4. The molecule has 0 bridgehead atoms. The Labute approximate surface area is 237 Å². The smallest absolute Gasteiger partial charge is 0.308 e. The molecule has 39 heavy (non-hydrogen) atoms. The van der Waals surface area contributed by atoms with E-state index in [1.54, 1.807) is 0 Å². The third kappa shape index (κ3) is 10.6. The first kappa shape index (κ1) is 31.2. The fourth-order valence-corrected chi connectivity index (χ4v) is 5.58. The van der Waals surface area contributed by atoms with E-state index in [-0.39, 0.29) is 11.9 Å². The van der Waals surface area contributed by atoms with Gasteiger partial charge in [0, 0.05) is 0 Å². The molecule has 1 aliphatic carbocycles. The zero-order valence-electron chi connectivity index (χ0n) is 24.6. The molecule has 0 amide bonds. The summed E-state index contributed by atoms with van der Waals surface area (Å²) >= 11 is 0. The number of hydrogen-bond donors (Lipinski definition) is 1. The third-order valence-electron chi connectivity index (χ3n) is 8.26. The maximum atomic E-state index is 12.5. The van der Waals surface area contributed by atoms with Crippen molar-refractivity contribution in [1.82, 2.24) is 0 Å². The van der Waals surface area contributed by atoms with Gasteiger partial charge in [0.25, 0.3) is 0 Å². The van der Waals surface area contributed by atoms with Crippen LogP contribution in [0.4, 0.5) is 0 Å². The maximum absolute atomic E-state index is 12.5. The number of unbranched alkanes of at least 4 members (excludes halogenated alkanes) is 10. The van der Waals surface area contributed by atoms with E-state index in [2.05, 4.69) is 38.1 Å². The van der Waals surface area contributed by atoms with Crippen LogP contribution < -0.4 is 4.74 Å². The first-order valence-electron chi connectivity index (χ1n) is 15.8. The molecule has 1 saturated carbocycles. The van der Waals surface area contributed by atoms with Gasteiger partial charge in [0.15, 0.2) is 0 Å². The van der Waals surface area contributed by atoms with E-state index >= 15 is 0 Å². The van der Waals surface area contributed by atoms with Crippen LogP contribution in [0.25, 0.3) is 11.1 Å². The first-order valence-corrected chi connectivity index (χ1v) is 15.8. The number of carbonyl (C=O) groups is 1. The van der Waals surface area contributed by atoms with Crippen LogP contribution in [0.5, 0.6) is 5.75 Å². The lowest BCUT2D eigenvalue weighted by Crippen LogP contribution is -2.34. The van der Waals surface area contributed by atoms with Gasteiger partial charge in [-0.3, -0.25) is 4.79 Å².